The Hall–Kier alpha value is -1.80. The number of hydrogen-bond acceptors (Lipinski definition) is 2. The van der Waals surface area contributed by atoms with E-state index in [1.165, 1.54) is 0 Å². The van der Waals surface area contributed by atoms with Crippen molar-refractivity contribution in [1.29, 1.82) is 5.26 Å². The minimum atomic E-state index is 0.310. The number of rotatable bonds is 0. The molecular weight excluding hydrogens is 124 g/mol. The summed E-state index contributed by atoms with van der Waals surface area (Å²) in [6.45, 7) is 0. The first kappa shape index (κ1) is 6.32. The monoisotopic (exact) mass is 128 g/mol. The first-order valence-corrected chi connectivity index (χ1v) is 2.70. The lowest BCUT2D eigenvalue weighted by atomic mass is 10.2. The molecule has 0 atom stereocenters. The average Bonchev–Trinajstić information content (AvgIpc) is 2.04. The Bertz CT molecular complexity index is 282. The lowest BCUT2D eigenvalue weighted by molar-refractivity contribution is 1.25. The lowest BCUT2D eigenvalue weighted by Gasteiger charge is -1.89. The van der Waals surface area contributed by atoms with Gasteiger partial charge in [0.2, 0.25) is 0 Å². The van der Waals surface area contributed by atoms with Crippen LogP contribution >= 0.6 is 0 Å². The van der Waals surface area contributed by atoms with Crippen LogP contribution in [0.1, 0.15) is 11.3 Å². The van der Waals surface area contributed by atoms with E-state index in [4.69, 9.17) is 11.7 Å². The zero-order valence-electron chi connectivity index (χ0n) is 5.20. The molecule has 0 amide bonds. The van der Waals surface area contributed by atoms with Gasteiger partial charge in [0, 0.05) is 6.20 Å². The Kier molecular flexibility index (Phi) is 1.68. The molecule has 0 radical (unpaired) electrons. The van der Waals surface area contributed by atoms with Crippen molar-refractivity contribution in [1.82, 2.24) is 4.98 Å². The molecule has 0 saturated heterocycles. The number of terminal acetylenes is 1. The molecule has 10 heavy (non-hydrogen) atoms. The Balaban J connectivity index is 3.28. The molecule has 0 unspecified atom stereocenters. The third-order valence-corrected chi connectivity index (χ3v) is 1.07. The SMILES string of the molecule is C#Cc1cccnc1C#N. The molecule has 1 rings (SSSR count). The molecule has 1 heterocycles. The first-order valence-electron chi connectivity index (χ1n) is 2.70. The normalized spacial score (nSPS) is 7.80. The maximum atomic E-state index is 8.44. The molecule has 1 aromatic rings. The summed E-state index contributed by atoms with van der Waals surface area (Å²) in [5.41, 5.74) is 0.856. The summed E-state index contributed by atoms with van der Waals surface area (Å²) in [6, 6.07) is 5.28. The van der Waals surface area contributed by atoms with Crippen LogP contribution in [0.25, 0.3) is 0 Å². The van der Waals surface area contributed by atoms with Gasteiger partial charge in [0.05, 0.1) is 5.56 Å². The molecule has 0 fully saturated rings. The Morgan fingerprint density at radius 1 is 1.60 bits per heavy atom. The molecule has 0 bridgehead atoms. The quantitative estimate of drug-likeness (QED) is 0.487. The van der Waals surface area contributed by atoms with E-state index in [1.807, 2.05) is 6.07 Å². The minimum absolute atomic E-state index is 0.310. The molecule has 0 aromatic carbocycles. The predicted octanol–water partition coefficient (Wildman–Crippen LogP) is 0.935. The fourth-order valence-corrected chi connectivity index (χ4v) is 0.611. The molecule has 0 N–H and O–H groups in total. The number of aromatic nitrogens is 1. The fourth-order valence-electron chi connectivity index (χ4n) is 0.611. The average molecular weight is 128 g/mol. The molecular formula is C8H4N2. The summed E-state index contributed by atoms with van der Waals surface area (Å²) < 4.78 is 0. The smallest absolute Gasteiger partial charge is 0.156 e. The second kappa shape index (κ2) is 2.66. The summed E-state index contributed by atoms with van der Waals surface area (Å²) in [5.74, 6) is 2.36. The molecule has 2 heteroatoms. The van der Waals surface area contributed by atoms with Crippen LogP contribution in [0.15, 0.2) is 18.3 Å². The zero-order chi connectivity index (χ0) is 7.40. The molecule has 46 valence electrons. The first-order chi connectivity index (χ1) is 4.88. The van der Waals surface area contributed by atoms with Crippen molar-refractivity contribution in [3.05, 3.63) is 29.6 Å². The van der Waals surface area contributed by atoms with Crippen LogP contribution in [0, 0.1) is 23.7 Å². The molecule has 1 aromatic heterocycles. The number of nitrogens with zero attached hydrogens (tertiary/aromatic N) is 2. The van der Waals surface area contributed by atoms with E-state index in [2.05, 4.69) is 10.9 Å². The van der Waals surface area contributed by atoms with Gasteiger partial charge >= 0.3 is 0 Å². The third kappa shape index (κ3) is 0.962. The molecule has 2 nitrogen and oxygen atoms in total. The third-order valence-electron chi connectivity index (χ3n) is 1.07. The van der Waals surface area contributed by atoms with Gasteiger partial charge in [-0.2, -0.15) is 5.26 Å². The summed E-state index contributed by atoms with van der Waals surface area (Å²) in [6.07, 6.45) is 6.63. The molecule has 0 aliphatic carbocycles. The van der Waals surface area contributed by atoms with E-state index in [0.29, 0.717) is 11.3 Å². The number of nitriles is 1. The van der Waals surface area contributed by atoms with Crippen molar-refractivity contribution >= 4 is 0 Å². The van der Waals surface area contributed by atoms with Crippen molar-refractivity contribution in [2.75, 3.05) is 0 Å². The maximum absolute atomic E-state index is 8.44. The standard InChI is InChI=1S/C8H4N2/c1-2-7-4-3-5-10-8(7)6-9/h1,3-5H. The highest BCUT2D eigenvalue weighted by Gasteiger charge is 1.95. The van der Waals surface area contributed by atoms with Crippen LogP contribution < -0.4 is 0 Å². The summed E-state index contributed by atoms with van der Waals surface area (Å²) in [7, 11) is 0. The van der Waals surface area contributed by atoms with Gasteiger partial charge in [-0.05, 0) is 12.1 Å². The Labute approximate surface area is 59.1 Å². The number of pyridine rings is 1. The van der Waals surface area contributed by atoms with Crippen LogP contribution in [-0.2, 0) is 0 Å². The maximum Gasteiger partial charge on any atom is 0.156 e. The fraction of sp³-hybridized carbons (Fsp3) is 0. The lowest BCUT2D eigenvalue weighted by Crippen LogP contribution is -1.85. The van der Waals surface area contributed by atoms with Crippen molar-refractivity contribution in [3.8, 4) is 18.4 Å². The zero-order valence-corrected chi connectivity index (χ0v) is 5.20. The highest BCUT2D eigenvalue weighted by molar-refractivity contribution is 5.41. The largest absolute Gasteiger partial charge is 0.244 e. The van der Waals surface area contributed by atoms with Crippen molar-refractivity contribution in [3.63, 3.8) is 0 Å². The second-order valence-electron chi connectivity index (χ2n) is 1.66. The summed E-state index contributed by atoms with van der Waals surface area (Å²) >= 11 is 0. The van der Waals surface area contributed by atoms with E-state index in [9.17, 15) is 0 Å². The van der Waals surface area contributed by atoms with Gasteiger partial charge < -0.3 is 0 Å². The Morgan fingerprint density at radius 2 is 2.40 bits per heavy atom. The predicted molar refractivity (Wildman–Crippen MR) is 36.9 cm³/mol. The van der Waals surface area contributed by atoms with Gasteiger partial charge in [-0.15, -0.1) is 6.42 Å². The minimum Gasteiger partial charge on any atom is -0.244 e. The van der Waals surface area contributed by atoms with Crippen LogP contribution in [0.5, 0.6) is 0 Å². The second-order valence-corrected chi connectivity index (χ2v) is 1.66. The van der Waals surface area contributed by atoms with Crippen molar-refractivity contribution in [2.24, 2.45) is 0 Å². The Morgan fingerprint density at radius 3 is 2.90 bits per heavy atom. The van der Waals surface area contributed by atoms with Crippen LogP contribution in [0.4, 0.5) is 0 Å². The molecule has 0 aliphatic heterocycles. The topological polar surface area (TPSA) is 36.7 Å². The van der Waals surface area contributed by atoms with Gasteiger partial charge in [0.15, 0.2) is 5.69 Å². The van der Waals surface area contributed by atoms with Gasteiger partial charge in [0.1, 0.15) is 6.07 Å². The van der Waals surface area contributed by atoms with E-state index >= 15 is 0 Å². The van der Waals surface area contributed by atoms with E-state index < -0.39 is 0 Å². The van der Waals surface area contributed by atoms with Crippen LogP contribution in [-0.4, -0.2) is 4.98 Å². The molecule has 0 saturated carbocycles. The van der Waals surface area contributed by atoms with Crippen molar-refractivity contribution in [2.45, 2.75) is 0 Å². The summed E-state index contributed by atoms with van der Waals surface area (Å²) in [5, 5.41) is 8.44. The number of hydrogen-bond donors (Lipinski definition) is 0. The molecule has 0 aliphatic rings. The molecule has 0 spiro atoms. The van der Waals surface area contributed by atoms with Crippen LogP contribution in [0.2, 0.25) is 0 Å². The summed E-state index contributed by atoms with van der Waals surface area (Å²) in [4.78, 5) is 3.76. The van der Waals surface area contributed by atoms with Gasteiger partial charge in [-0.3, -0.25) is 0 Å². The van der Waals surface area contributed by atoms with Gasteiger partial charge in [0.25, 0.3) is 0 Å². The van der Waals surface area contributed by atoms with Crippen molar-refractivity contribution < 1.29 is 0 Å². The van der Waals surface area contributed by atoms with E-state index in [0.717, 1.165) is 0 Å². The van der Waals surface area contributed by atoms with E-state index in [1.54, 1.807) is 18.3 Å². The highest BCUT2D eigenvalue weighted by Crippen LogP contribution is 1.99. The van der Waals surface area contributed by atoms with E-state index in [-0.39, 0.29) is 0 Å². The highest BCUT2D eigenvalue weighted by atomic mass is 14.7. The van der Waals surface area contributed by atoms with Gasteiger partial charge in [-0.25, -0.2) is 4.98 Å². The van der Waals surface area contributed by atoms with Crippen LogP contribution in [0.3, 0.4) is 0 Å². The van der Waals surface area contributed by atoms with Gasteiger partial charge in [-0.1, -0.05) is 5.92 Å².